The molecule has 106 valence electrons. The van der Waals surface area contributed by atoms with E-state index in [1.807, 2.05) is 18.5 Å². The molecule has 0 bridgehead atoms. The van der Waals surface area contributed by atoms with Gasteiger partial charge in [0.1, 0.15) is 5.82 Å². The number of aryl methyl sites for hydroxylation is 1. The lowest BCUT2D eigenvalue weighted by Gasteiger charge is -2.16. The van der Waals surface area contributed by atoms with Gasteiger partial charge in [-0.15, -0.1) is 0 Å². The number of nitro groups is 1. The number of methoxy groups -OCH3 is 1. The van der Waals surface area contributed by atoms with Crippen LogP contribution in [0, 0.1) is 10.1 Å². The Hall–Kier alpha value is -2.57. The molecule has 0 aliphatic carbocycles. The van der Waals surface area contributed by atoms with Crippen molar-refractivity contribution in [1.82, 2.24) is 9.55 Å². The van der Waals surface area contributed by atoms with Crippen molar-refractivity contribution in [3.05, 3.63) is 46.5 Å². The molecule has 1 unspecified atom stereocenters. The highest BCUT2D eigenvalue weighted by atomic mass is 16.6. The van der Waals surface area contributed by atoms with Crippen molar-refractivity contribution < 1.29 is 14.4 Å². The zero-order chi connectivity index (χ0) is 14.7. The summed E-state index contributed by atoms with van der Waals surface area (Å²) in [4.78, 5) is 14.5. The van der Waals surface area contributed by atoms with Crippen molar-refractivity contribution in [3.63, 3.8) is 0 Å². The van der Waals surface area contributed by atoms with E-state index in [-0.39, 0.29) is 11.8 Å². The molecule has 0 N–H and O–H groups in total. The molecular formula is C13H15N3O4. The van der Waals surface area contributed by atoms with E-state index < -0.39 is 4.92 Å². The smallest absolute Gasteiger partial charge is 0.273 e. The van der Waals surface area contributed by atoms with Gasteiger partial charge in [0.2, 0.25) is 0 Å². The third-order valence-corrected chi connectivity index (χ3v) is 2.88. The molecule has 0 saturated carbocycles. The highest BCUT2D eigenvalue weighted by Gasteiger charge is 2.17. The summed E-state index contributed by atoms with van der Waals surface area (Å²) in [6.45, 7) is 1.82. The molecule has 0 spiro atoms. The van der Waals surface area contributed by atoms with Gasteiger partial charge in [-0.3, -0.25) is 10.1 Å². The van der Waals surface area contributed by atoms with Crippen molar-refractivity contribution in [2.75, 3.05) is 7.11 Å². The lowest BCUT2D eigenvalue weighted by atomic mass is 10.2. The third kappa shape index (κ3) is 2.71. The Morgan fingerprint density at radius 1 is 1.40 bits per heavy atom. The zero-order valence-corrected chi connectivity index (χ0v) is 11.4. The minimum absolute atomic E-state index is 0.0483. The number of rotatable bonds is 5. The standard InChI is InChI=1S/C13H15N3O4/c1-9(13-14-6-7-15(13)2)20-12-8-10(16(17)18)4-5-11(12)19-3/h4-9H,1-3H3. The maximum Gasteiger partial charge on any atom is 0.273 e. The molecule has 7 nitrogen and oxygen atoms in total. The first-order valence-electron chi connectivity index (χ1n) is 5.99. The Labute approximate surface area is 115 Å². The molecule has 2 aromatic rings. The van der Waals surface area contributed by atoms with Gasteiger partial charge < -0.3 is 14.0 Å². The van der Waals surface area contributed by atoms with Crippen molar-refractivity contribution >= 4 is 5.69 Å². The Kier molecular flexibility index (Phi) is 3.88. The van der Waals surface area contributed by atoms with Crippen LogP contribution in [0.1, 0.15) is 18.9 Å². The van der Waals surface area contributed by atoms with Crippen LogP contribution in [0.5, 0.6) is 11.5 Å². The lowest BCUT2D eigenvalue weighted by molar-refractivity contribution is -0.385. The molecule has 0 radical (unpaired) electrons. The van der Waals surface area contributed by atoms with Crippen LogP contribution in [-0.2, 0) is 7.05 Å². The molecule has 1 aromatic carbocycles. The van der Waals surface area contributed by atoms with Crippen molar-refractivity contribution in [3.8, 4) is 11.5 Å². The first kappa shape index (κ1) is 13.9. The molecule has 0 aliphatic rings. The van der Waals surface area contributed by atoms with E-state index in [9.17, 15) is 10.1 Å². The number of nitro benzene ring substituents is 1. The number of benzene rings is 1. The van der Waals surface area contributed by atoms with Crippen LogP contribution >= 0.6 is 0 Å². The highest BCUT2D eigenvalue weighted by Crippen LogP contribution is 2.34. The number of nitrogens with zero attached hydrogens (tertiary/aromatic N) is 3. The van der Waals surface area contributed by atoms with Crippen LogP contribution in [0.3, 0.4) is 0 Å². The topological polar surface area (TPSA) is 79.4 Å². The van der Waals surface area contributed by atoms with Gasteiger partial charge in [-0.1, -0.05) is 0 Å². The van der Waals surface area contributed by atoms with Crippen molar-refractivity contribution in [1.29, 1.82) is 0 Å². The Bertz CT molecular complexity index is 624. The van der Waals surface area contributed by atoms with Crippen molar-refractivity contribution in [2.45, 2.75) is 13.0 Å². The number of aromatic nitrogens is 2. The molecule has 7 heteroatoms. The number of hydrogen-bond acceptors (Lipinski definition) is 5. The van der Waals surface area contributed by atoms with Gasteiger partial charge in [0.25, 0.3) is 5.69 Å². The fourth-order valence-electron chi connectivity index (χ4n) is 1.88. The first-order valence-corrected chi connectivity index (χ1v) is 5.99. The van der Waals surface area contributed by atoms with Gasteiger partial charge in [-0.05, 0) is 13.0 Å². The van der Waals surface area contributed by atoms with Crippen LogP contribution in [0.4, 0.5) is 5.69 Å². The minimum Gasteiger partial charge on any atom is -0.493 e. The van der Waals surface area contributed by atoms with Crippen LogP contribution in [0.15, 0.2) is 30.6 Å². The predicted molar refractivity (Wildman–Crippen MR) is 71.9 cm³/mol. The molecule has 1 atom stereocenters. The fraction of sp³-hybridized carbons (Fsp3) is 0.308. The number of hydrogen-bond donors (Lipinski definition) is 0. The lowest BCUT2D eigenvalue weighted by Crippen LogP contribution is -2.10. The zero-order valence-electron chi connectivity index (χ0n) is 11.4. The molecule has 20 heavy (non-hydrogen) atoms. The second-order valence-electron chi connectivity index (χ2n) is 4.25. The van der Waals surface area contributed by atoms with Crippen molar-refractivity contribution in [2.24, 2.45) is 7.05 Å². The minimum atomic E-state index is -0.474. The van der Waals surface area contributed by atoms with Crippen LogP contribution in [-0.4, -0.2) is 21.6 Å². The van der Waals surface area contributed by atoms with E-state index in [2.05, 4.69) is 4.98 Å². The molecule has 1 aromatic heterocycles. The third-order valence-electron chi connectivity index (χ3n) is 2.88. The maximum atomic E-state index is 10.8. The second kappa shape index (κ2) is 5.60. The highest BCUT2D eigenvalue weighted by molar-refractivity contribution is 5.48. The predicted octanol–water partition coefficient (Wildman–Crippen LogP) is 2.48. The summed E-state index contributed by atoms with van der Waals surface area (Å²) in [5.41, 5.74) is -0.0483. The molecule has 1 heterocycles. The van der Waals surface area contributed by atoms with Crippen LogP contribution in [0.2, 0.25) is 0 Å². The number of ether oxygens (including phenoxy) is 2. The Morgan fingerprint density at radius 2 is 2.15 bits per heavy atom. The van der Waals surface area contributed by atoms with Gasteiger partial charge in [-0.2, -0.15) is 0 Å². The van der Waals surface area contributed by atoms with E-state index >= 15 is 0 Å². The maximum absolute atomic E-state index is 10.8. The molecule has 0 fully saturated rings. The normalized spacial score (nSPS) is 11.9. The quantitative estimate of drug-likeness (QED) is 0.619. The summed E-state index contributed by atoms with van der Waals surface area (Å²) in [5.74, 6) is 1.48. The fourth-order valence-corrected chi connectivity index (χ4v) is 1.88. The molecule has 0 amide bonds. The van der Waals surface area contributed by atoms with E-state index in [0.29, 0.717) is 11.5 Å². The largest absolute Gasteiger partial charge is 0.493 e. The monoisotopic (exact) mass is 277 g/mol. The van der Waals surface area contributed by atoms with E-state index in [0.717, 1.165) is 5.82 Å². The summed E-state index contributed by atoms with van der Waals surface area (Å²) in [5, 5.41) is 10.8. The molecule has 0 aliphatic heterocycles. The number of non-ortho nitro benzene ring substituents is 1. The number of imidazole rings is 1. The second-order valence-corrected chi connectivity index (χ2v) is 4.25. The first-order chi connectivity index (χ1) is 9.52. The molecule has 0 saturated heterocycles. The SMILES string of the molecule is COc1ccc([N+](=O)[O-])cc1OC(C)c1nccn1C. The summed E-state index contributed by atoms with van der Waals surface area (Å²) >= 11 is 0. The van der Waals surface area contributed by atoms with Gasteiger partial charge in [-0.25, -0.2) is 4.98 Å². The van der Waals surface area contributed by atoms with Crippen LogP contribution in [0.25, 0.3) is 0 Å². The van der Waals surface area contributed by atoms with E-state index in [1.165, 1.54) is 25.3 Å². The Morgan fingerprint density at radius 3 is 2.70 bits per heavy atom. The summed E-state index contributed by atoms with van der Waals surface area (Å²) in [6, 6.07) is 4.23. The molecule has 2 rings (SSSR count). The average Bonchev–Trinajstić information content (AvgIpc) is 2.84. The summed E-state index contributed by atoms with van der Waals surface area (Å²) in [7, 11) is 3.34. The summed E-state index contributed by atoms with van der Waals surface area (Å²) < 4.78 is 12.7. The van der Waals surface area contributed by atoms with E-state index in [4.69, 9.17) is 9.47 Å². The van der Waals surface area contributed by atoms with Gasteiger partial charge in [0, 0.05) is 25.5 Å². The van der Waals surface area contributed by atoms with Gasteiger partial charge in [0.05, 0.1) is 18.1 Å². The van der Waals surface area contributed by atoms with Crippen LogP contribution < -0.4 is 9.47 Å². The van der Waals surface area contributed by atoms with Gasteiger partial charge >= 0.3 is 0 Å². The summed E-state index contributed by atoms with van der Waals surface area (Å²) in [6.07, 6.45) is 3.12. The average molecular weight is 277 g/mol. The molecular weight excluding hydrogens is 262 g/mol. The van der Waals surface area contributed by atoms with Gasteiger partial charge in [0.15, 0.2) is 17.6 Å². The van der Waals surface area contributed by atoms with E-state index in [1.54, 1.807) is 12.4 Å². The Balaban J connectivity index is 2.29.